The predicted molar refractivity (Wildman–Crippen MR) is 40.3 cm³/mol. The van der Waals surface area contributed by atoms with Crippen LogP contribution in [-0.2, 0) is 9.53 Å². The lowest BCUT2D eigenvalue weighted by Crippen LogP contribution is -2.15. The topological polar surface area (TPSA) is 26.3 Å². The van der Waals surface area contributed by atoms with E-state index in [1.54, 1.807) is 6.92 Å². The van der Waals surface area contributed by atoms with Crippen LogP contribution in [0.25, 0.3) is 0 Å². The molecule has 59 valence electrons. The minimum absolute atomic E-state index is 0.214. The van der Waals surface area contributed by atoms with Crippen LogP contribution in [-0.4, -0.2) is 12.6 Å². The third-order valence-corrected chi connectivity index (χ3v) is 0.961. The predicted octanol–water partition coefficient (Wildman–Crippen LogP) is 1.66. The highest BCUT2D eigenvalue weighted by Crippen LogP contribution is 1.98. The smallest absolute Gasteiger partial charge is 0.308 e. The summed E-state index contributed by atoms with van der Waals surface area (Å²) in [6, 6.07) is 0. The molecule has 0 saturated heterocycles. The van der Waals surface area contributed by atoms with Gasteiger partial charge in [-0.1, -0.05) is 20.8 Å². The van der Waals surface area contributed by atoms with Crippen molar-refractivity contribution < 1.29 is 9.53 Å². The second kappa shape index (κ2) is 4.31. The average Bonchev–Trinajstić information content (AvgIpc) is 1.82. The molecular formula is C8H15O2. The second-order valence-corrected chi connectivity index (χ2v) is 2.92. The second-order valence-electron chi connectivity index (χ2n) is 2.92. The third-order valence-electron chi connectivity index (χ3n) is 0.961. The van der Waals surface area contributed by atoms with E-state index in [0.717, 1.165) is 0 Å². The van der Waals surface area contributed by atoms with Gasteiger partial charge in [0, 0.05) is 0 Å². The molecule has 0 bridgehead atoms. The Kier molecular flexibility index (Phi) is 4.08. The minimum atomic E-state index is -0.251. The van der Waals surface area contributed by atoms with Crippen LogP contribution in [0, 0.1) is 18.8 Å². The summed E-state index contributed by atoms with van der Waals surface area (Å²) in [5, 5.41) is 0. The first-order valence-corrected chi connectivity index (χ1v) is 3.53. The van der Waals surface area contributed by atoms with Crippen molar-refractivity contribution in [2.75, 3.05) is 6.61 Å². The summed E-state index contributed by atoms with van der Waals surface area (Å²) in [6.07, 6.45) is 0. The summed E-state index contributed by atoms with van der Waals surface area (Å²) in [4.78, 5) is 10.8. The normalized spacial score (nSPS) is 10.6. The maximum absolute atomic E-state index is 10.8. The fourth-order valence-electron chi connectivity index (χ4n) is 0.391. The molecule has 0 heterocycles. The first-order chi connectivity index (χ1) is 4.54. The van der Waals surface area contributed by atoms with Gasteiger partial charge in [-0.05, 0) is 12.8 Å². The van der Waals surface area contributed by atoms with Gasteiger partial charge in [0.2, 0.25) is 0 Å². The quantitative estimate of drug-likeness (QED) is 0.561. The number of carbonyl (C=O) groups excluding carboxylic acids is 1. The Morgan fingerprint density at radius 2 is 2.00 bits per heavy atom. The lowest BCUT2D eigenvalue weighted by molar-refractivity contribution is -0.147. The van der Waals surface area contributed by atoms with E-state index in [4.69, 9.17) is 4.74 Å². The number of hydrogen-bond donors (Lipinski definition) is 0. The first-order valence-electron chi connectivity index (χ1n) is 3.53. The fourth-order valence-corrected chi connectivity index (χ4v) is 0.391. The van der Waals surface area contributed by atoms with E-state index in [1.807, 2.05) is 13.8 Å². The first kappa shape index (κ1) is 9.47. The van der Waals surface area contributed by atoms with Gasteiger partial charge in [0.25, 0.3) is 0 Å². The lowest BCUT2D eigenvalue weighted by Gasteiger charge is -2.08. The van der Waals surface area contributed by atoms with Crippen LogP contribution in [0.3, 0.4) is 0 Å². The van der Waals surface area contributed by atoms with E-state index in [1.165, 1.54) is 0 Å². The Hall–Kier alpha value is -0.530. The maximum atomic E-state index is 10.8. The molecule has 0 fully saturated rings. The molecule has 2 heteroatoms. The molecule has 0 aliphatic rings. The molecule has 0 aliphatic carbocycles. The van der Waals surface area contributed by atoms with Crippen molar-refractivity contribution in [3.8, 4) is 0 Å². The fraction of sp³-hybridized carbons (Fsp3) is 0.750. The maximum Gasteiger partial charge on any atom is 0.308 e. The van der Waals surface area contributed by atoms with Crippen LogP contribution in [0.2, 0.25) is 0 Å². The summed E-state index contributed by atoms with van der Waals surface area (Å²) in [5.74, 6) is -0.0600. The van der Waals surface area contributed by atoms with Crippen molar-refractivity contribution in [1.82, 2.24) is 0 Å². The molecule has 0 aliphatic heterocycles. The van der Waals surface area contributed by atoms with Crippen molar-refractivity contribution in [2.24, 2.45) is 11.8 Å². The van der Waals surface area contributed by atoms with Gasteiger partial charge in [-0.25, -0.2) is 0 Å². The Balaban J connectivity index is 3.40. The molecule has 1 atom stereocenters. The van der Waals surface area contributed by atoms with Gasteiger partial charge in [0.1, 0.15) is 0 Å². The van der Waals surface area contributed by atoms with Crippen molar-refractivity contribution in [1.29, 1.82) is 0 Å². The van der Waals surface area contributed by atoms with Crippen LogP contribution in [0.1, 0.15) is 20.8 Å². The molecule has 0 aromatic carbocycles. The molecule has 2 nitrogen and oxygen atoms in total. The Morgan fingerprint density at radius 1 is 1.50 bits per heavy atom. The number of hydrogen-bond acceptors (Lipinski definition) is 2. The Bertz CT molecular complexity index is 106. The standard InChI is InChI=1S/C8H15O2/c1-6(2)5-10-8(9)7(3)4/h6-7H,3,5H2,1-2,4H3. The molecule has 10 heavy (non-hydrogen) atoms. The highest BCUT2D eigenvalue weighted by molar-refractivity contribution is 5.72. The summed E-state index contributed by atoms with van der Waals surface area (Å²) in [5.41, 5.74) is 0. The molecule has 0 aromatic rings. The summed E-state index contributed by atoms with van der Waals surface area (Å²) in [6.45, 7) is 9.77. The molecular weight excluding hydrogens is 128 g/mol. The summed E-state index contributed by atoms with van der Waals surface area (Å²) < 4.78 is 4.86. The molecule has 0 saturated carbocycles. The van der Waals surface area contributed by atoms with Gasteiger partial charge >= 0.3 is 5.97 Å². The van der Waals surface area contributed by atoms with Crippen LogP contribution in [0.15, 0.2) is 0 Å². The van der Waals surface area contributed by atoms with Gasteiger partial charge in [0.05, 0.1) is 12.5 Å². The van der Waals surface area contributed by atoms with Crippen molar-refractivity contribution in [2.45, 2.75) is 20.8 Å². The molecule has 0 N–H and O–H groups in total. The molecule has 0 spiro atoms. The molecule has 0 aromatic heterocycles. The van der Waals surface area contributed by atoms with Gasteiger partial charge in [-0.3, -0.25) is 4.79 Å². The zero-order chi connectivity index (χ0) is 8.15. The zero-order valence-corrected chi connectivity index (χ0v) is 6.89. The van der Waals surface area contributed by atoms with Gasteiger partial charge in [0.15, 0.2) is 0 Å². The van der Waals surface area contributed by atoms with Gasteiger partial charge in [-0.2, -0.15) is 0 Å². The van der Waals surface area contributed by atoms with Gasteiger partial charge in [-0.15, -0.1) is 0 Å². The SMILES string of the molecule is [CH2]C(C)C(=O)OCC(C)C. The molecule has 0 rings (SSSR count). The highest BCUT2D eigenvalue weighted by atomic mass is 16.5. The van der Waals surface area contributed by atoms with Crippen molar-refractivity contribution in [3.05, 3.63) is 6.92 Å². The molecule has 0 amide bonds. The molecule has 1 radical (unpaired) electrons. The van der Waals surface area contributed by atoms with E-state index < -0.39 is 0 Å². The number of esters is 1. The molecule has 1 unspecified atom stereocenters. The van der Waals surface area contributed by atoms with E-state index in [2.05, 4.69) is 6.92 Å². The largest absolute Gasteiger partial charge is 0.465 e. The van der Waals surface area contributed by atoms with Gasteiger partial charge < -0.3 is 4.74 Å². The minimum Gasteiger partial charge on any atom is -0.465 e. The monoisotopic (exact) mass is 143 g/mol. The van der Waals surface area contributed by atoms with Crippen molar-refractivity contribution in [3.63, 3.8) is 0 Å². The van der Waals surface area contributed by atoms with Crippen molar-refractivity contribution >= 4 is 5.97 Å². The zero-order valence-electron chi connectivity index (χ0n) is 6.89. The van der Waals surface area contributed by atoms with Crippen LogP contribution >= 0.6 is 0 Å². The number of rotatable bonds is 3. The van der Waals surface area contributed by atoms with Crippen LogP contribution in [0.5, 0.6) is 0 Å². The van der Waals surface area contributed by atoms with E-state index in [9.17, 15) is 4.79 Å². The van der Waals surface area contributed by atoms with Crippen LogP contribution in [0.4, 0.5) is 0 Å². The Labute approximate surface area is 62.6 Å². The van der Waals surface area contributed by atoms with E-state index in [-0.39, 0.29) is 11.9 Å². The number of carbonyl (C=O) groups is 1. The average molecular weight is 143 g/mol. The van der Waals surface area contributed by atoms with E-state index in [0.29, 0.717) is 12.5 Å². The van der Waals surface area contributed by atoms with Crippen LogP contribution < -0.4 is 0 Å². The lowest BCUT2D eigenvalue weighted by atomic mass is 10.2. The number of ether oxygens (including phenoxy) is 1. The summed E-state index contributed by atoms with van der Waals surface area (Å²) in [7, 11) is 0. The van der Waals surface area contributed by atoms with E-state index >= 15 is 0 Å². The third kappa shape index (κ3) is 4.36. The highest BCUT2D eigenvalue weighted by Gasteiger charge is 2.08. The summed E-state index contributed by atoms with van der Waals surface area (Å²) >= 11 is 0. The Morgan fingerprint density at radius 3 is 2.30 bits per heavy atom.